The molecule has 8 nitrogen and oxygen atoms in total. The van der Waals surface area contributed by atoms with Gasteiger partial charge >= 0.3 is 0 Å². The molecule has 0 N–H and O–H groups in total. The Kier molecular flexibility index (Phi) is 8.66. The van der Waals surface area contributed by atoms with Gasteiger partial charge in [0.15, 0.2) is 11.5 Å². The van der Waals surface area contributed by atoms with Crippen LogP contribution in [0.1, 0.15) is 38.8 Å². The molecule has 1 aliphatic heterocycles. The van der Waals surface area contributed by atoms with Crippen molar-refractivity contribution in [1.29, 1.82) is 0 Å². The number of hydrogen-bond donors (Lipinski definition) is 0. The molecule has 0 unspecified atom stereocenters. The number of nitro groups is 1. The summed E-state index contributed by atoms with van der Waals surface area (Å²) in [4.78, 5) is 29.4. The van der Waals surface area contributed by atoms with E-state index < -0.39 is 11.1 Å². The zero-order chi connectivity index (χ0) is 31.3. The summed E-state index contributed by atoms with van der Waals surface area (Å²) in [7, 11) is 1.58. The van der Waals surface area contributed by atoms with E-state index in [0.29, 0.717) is 35.4 Å². The lowest BCUT2D eigenvalue weighted by molar-refractivity contribution is -0.384. The van der Waals surface area contributed by atoms with Gasteiger partial charge in [-0.05, 0) is 52.6 Å². The van der Waals surface area contributed by atoms with Crippen LogP contribution < -0.4 is 14.4 Å². The van der Waals surface area contributed by atoms with E-state index in [1.54, 1.807) is 18.1 Å². The fraction of sp³-hybridized carbons (Fsp3) is 0.139. The van der Waals surface area contributed by atoms with Gasteiger partial charge < -0.3 is 19.3 Å². The predicted molar refractivity (Wildman–Crippen MR) is 174 cm³/mol. The minimum absolute atomic E-state index is 0.135. The Morgan fingerprint density at radius 1 is 0.756 bits per heavy atom. The van der Waals surface area contributed by atoms with E-state index in [9.17, 15) is 14.9 Å². The van der Waals surface area contributed by atoms with Gasteiger partial charge in [-0.1, -0.05) is 90.5 Å². The summed E-state index contributed by atoms with van der Waals surface area (Å²) in [6.07, 6.45) is -0.564. The maximum Gasteiger partial charge on any atom is 0.270 e. The Bertz CT molecular complexity index is 1820. The van der Waals surface area contributed by atoms with Crippen molar-refractivity contribution in [3.05, 3.63) is 164 Å². The average Bonchev–Trinajstić information content (AvgIpc) is 3.07. The van der Waals surface area contributed by atoms with Crippen molar-refractivity contribution in [3.63, 3.8) is 0 Å². The van der Waals surface area contributed by atoms with E-state index in [2.05, 4.69) is 4.90 Å². The normalized spacial score (nSPS) is 14.2. The summed E-state index contributed by atoms with van der Waals surface area (Å²) in [6.45, 7) is 1.06. The van der Waals surface area contributed by atoms with Crippen molar-refractivity contribution in [3.8, 4) is 11.5 Å². The molecular weight excluding hydrogens is 590 g/mol. The maximum atomic E-state index is 14.3. The highest BCUT2D eigenvalue weighted by atomic mass is 35.5. The van der Waals surface area contributed by atoms with Crippen LogP contribution in [0.15, 0.2) is 121 Å². The zero-order valence-corrected chi connectivity index (χ0v) is 25.3. The van der Waals surface area contributed by atoms with Gasteiger partial charge in [-0.15, -0.1) is 0 Å². The fourth-order valence-corrected chi connectivity index (χ4v) is 5.71. The SMILES string of the molecule is COc1cc([C@@H]2N(Cc3ccccc3)C(=O)c3cc([N+](=O)[O-])ccc3N2Cc2ccccc2)ccc1OCc1ccc(Cl)cc1. The number of carbonyl (C=O) groups excluding carboxylic acids is 1. The third-order valence-corrected chi connectivity index (χ3v) is 8.02. The lowest BCUT2D eigenvalue weighted by Crippen LogP contribution is -2.48. The quantitative estimate of drug-likeness (QED) is 0.116. The number of nitrogens with zero attached hydrogens (tertiary/aromatic N) is 3. The second-order valence-corrected chi connectivity index (χ2v) is 11.1. The maximum absolute atomic E-state index is 14.3. The number of nitro benzene ring substituents is 1. The predicted octanol–water partition coefficient (Wildman–Crippen LogP) is 8.20. The number of ether oxygens (including phenoxy) is 2. The fourth-order valence-electron chi connectivity index (χ4n) is 5.58. The molecule has 45 heavy (non-hydrogen) atoms. The van der Waals surface area contributed by atoms with Crippen LogP contribution in [0.4, 0.5) is 11.4 Å². The summed E-state index contributed by atoms with van der Waals surface area (Å²) in [6, 6.07) is 37.2. The Balaban J connectivity index is 1.45. The molecule has 1 aliphatic rings. The van der Waals surface area contributed by atoms with Gasteiger partial charge in [-0.3, -0.25) is 14.9 Å². The molecule has 226 valence electrons. The van der Waals surface area contributed by atoms with Crippen LogP contribution >= 0.6 is 11.6 Å². The molecule has 0 spiro atoms. The second kappa shape index (κ2) is 13.1. The van der Waals surface area contributed by atoms with Crippen LogP contribution in [0.2, 0.25) is 5.02 Å². The van der Waals surface area contributed by atoms with E-state index >= 15 is 0 Å². The van der Waals surface area contributed by atoms with Crippen molar-refractivity contribution in [2.75, 3.05) is 12.0 Å². The number of amides is 1. The minimum Gasteiger partial charge on any atom is -0.493 e. The summed E-state index contributed by atoms with van der Waals surface area (Å²) >= 11 is 6.03. The molecule has 0 radical (unpaired) electrons. The Morgan fingerprint density at radius 3 is 2.02 bits per heavy atom. The highest BCUT2D eigenvalue weighted by molar-refractivity contribution is 6.30. The van der Waals surface area contributed by atoms with E-state index in [1.165, 1.54) is 12.1 Å². The standard InChI is InChI=1S/C36H30ClN3O5/c1-44-34-20-28(14-19-33(34)45-24-27-12-15-29(37)16-13-27)35-38(22-25-8-4-2-5-9-25)32-18-17-30(40(42)43)21-31(32)36(41)39(35)23-26-10-6-3-7-11-26/h2-21,35H,22-24H2,1H3/t35-/m0/s1. The summed E-state index contributed by atoms with van der Waals surface area (Å²) in [5.74, 6) is 0.773. The number of fused-ring (bicyclic) bond motifs is 1. The third kappa shape index (κ3) is 6.46. The number of rotatable bonds is 10. The first-order chi connectivity index (χ1) is 21.9. The molecule has 1 atom stereocenters. The number of carbonyl (C=O) groups is 1. The van der Waals surface area contributed by atoms with Crippen LogP contribution in [0, 0.1) is 10.1 Å². The monoisotopic (exact) mass is 619 g/mol. The largest absolute Gasteiger partial charge is 0.493 e. The number of methoxy groups -OCH3 is 1. The lowest BCUT2D eigenvalue weighted by Gasteiger charge is -2.46. The van der Waals surface area contributed by atoms with Crippen molar-refractivity contribution >= 4 is 28.9 Å². The summed E-state index contributed by atoms with van der Waals surface area (Å²) in [5, 5.41) is 12.4. The van der Waals surface area contributed by atoms with Gasteiger partial charge in [0.2, 0.25) is 0 Å². The van der Waals surface area contributed by atoms with Crippen LogP contribution in [-0.4, -0.2) is 22.8 Å². The first kappa shape index (κ1) is 29.7. The molecule has 0 saturated carbocycles. The van der Waals surface area contributed by atoms with E-state index in [0.717, 1.165) is 22.3 Å². The van der Waals surface area contributed by atoms with Crippen molar-refractivity contribution in [2.24, 2.45) is 0 Å². The second-order valence-electron chi connectivity index (χ2n) is 10.7. The number of benzene rings is 5. The van der Waals surface area contributed by atoms with Crippen molar-refractivity contribution < 1.29 is 19.2 Å². The first-order valence-electron chi connectivity index (χ1n) is 14.4. The number of hydrogen-bond acceptors (Lipinski definition) is 6. The van der Waals surface area contributed by atoms with E-state index in [-0.39, 0.29) is 23.7 Å². The summed E-state index contributed by atoms with van der Waals surface area (Å²) in [5.41, 5.74) is 4.47. The van der Waals surface area contributed by atoms with Crippen molar-refractivity contribution in [2.45, 2.75) is 25.9 Å². The van der Waals surface area contributed by atoms with Crippen LogP contribution in [0.5, 0.6) is 11.5 Å². The molecule has 0 fully saturated rings. The third-order valence-electron chi connectivity index (χ3n) is 7.77. The van der Waals surface area contributed by atoms with Gasteiger partial charge in [0.05, 0.1) is 23.3 Å². The average molecular weight is 620 g/mol. The zero-order valence-electron chi connectivity index (χ0n) is 24.5. The smallest absolute Gasteiger partial charge is 0.270 e. The molecule has 9 heteroatoms. The molecule has 1 amide bonds. The highest BCUT2D eigenvalue weighted by Crippen LogP contribution is 2.43. The topological polar surface area (TPSA) is 85.1 Å². The van der Waals surface area contributed by atoms with Crippen LogP contribution in [-0.2, 0) is 19.7 Å². The van der Waals surface area contributed by atoms with Gasteiger partial charge in [0.25, 0.3) is 11.6 Å². The van der Waals surface area contributed by atoms with E-state index in [1.807, 2.05) is 103 Å². The number of halogens is 1. The molecule has 0 aliphatic carbocycles. The number of non-ortho nitro benzene ring substituents is 1. The highest BCUT2D eigenvalue weighted by Gasteiger charge is 2.40. The van der Waals surface area contributed by atoms with Gasteiger partial charge in [-0.25, -0.2) is 0 Å². The van der Waals surface area contributed by atoms with Crippen LogP contribution in [0.3, 0.4) is 0 Å². The molecule has 5 aromatic carbocycles. The Labute approximate surface area is 266 Å². The molecule has 6 rings (SSSR count). The molecule has 0 aromatic heterocycles. The van der Waals surface area contributed by atoms with Gasteiger partial charge in [-0.2, -0.15) is 0 Å². The summed E-state index contributed by atoms with van der Waals surface area (Å²) < 4.78 is 11.9. The molecular formula is C36H30ClN3O5. The van der Waals surface area contributed by atoms with Gasteiger partial charge in [0, 0.05) is 30.2 Å². The first-order valence-corrected chi connectivity index (χ1v) is 14.8. The molecule has 1 heterocycles. The molecule has 0 bridgehead atoms. The Hall–Kier alpha value is -5.34. The number of anilines is 1. The molecule has 0 saturated heterocycles. The Morgan fingerprint density at radius 2 is 1.40 bits per heavy atom. The lowest BCUT2D eigenvalue weighted by atomic mass is 9.98. The van der Waals surface area contributed by atoms with Crippen LogP contribution in [0.25, 0.3) is 0 Å². The van der Waals surface area contributed by atoms with Gasteiger partial charge in [0.1, 0.15) is 12.8 Å². The minimum atomic E-state index is -0.564. The van der Waals surface area contributed by atoms with E-state index in [4.69, 9.17) is 21.1 Å². The molecule has 5 aromatic rings. The van der Waals surface area contributed by atoms with Crippen molar-refractivity contribution in [1.82, 2.24) is 4.90 Å².